The number of rotatable bonds is 5. The van der Waals surface area contributed by atoms with Crippen molar-refractivity contribution in [3.63, 3.8) is 0 Å². The molecule has 1 aliphatic heterocycles. The molecule has 0 spiro atoms. The predicted molar refractivity (Wildman–Crippen MR) is 104 cm³/mol. The quantitative estimate of drug-likeness (QED) is 0.631. The number of halogens is 1. The van der Waals surface area contributed by atoms with Crippen molar-refractivity contribution >= 4 is 34.4 Å². The van der Waals surface area contributed by atoms with Crippen LogP contribution in [0, 0.1) is 3.57 Å². The van der Waals surface area contributed by atoms with Crippen molar-refractivity contribution in [2.24, 2.45) is 5.10 Å². The number of pyridine rings is 1. The van der Waals surface area contributed by atoms with Gasteiger partial charge < -0.3 is 14.2 Å². The zero-order valence-corrected chi connectivity index (χ0v) is 16.8. The molecule has 1 aromatic heterocycles. The maximum atomic E-state index is 12.1. The van der Waals surface area contributed by atoms with Gasteiger partial charge in [0.05, 0.1) is 22.9 Å². The lowest BCUT2D eigenvalue weighted by Crippen LogP contribution is -2.25. The van der Waals surface area contributed by atoms with Crippen LogP contribution in [-0.2, 0) is 9.53 Å². The van der Waals surface area contributed by atoms with Gasteiger partial charge in [0.2, 0.25) is 18.0 Å². The van der Waals surface area contributed by atoms with E-state index in [1.807, 2.05) is 19.1 Å². The standard InChI is InChI=1S/C18H18IN3O4/c1-4-25-16-14(19)8-13(9-15(16)24-3)18-22(11(2)23)21-17(26-18)12-6-5-7-20-10-12/h5-10,18H,4H2,1-3H3. The zero-order chi connectivity index (χ0) is 18.7. The summed E-state index contributed by atoms with van der Waals surface area (Å²) < 4.78 is 17.9. The molecule has 2 heterocycles. The number of hydrogen-bond acceptors (Lipinski definition) is 6. The number of hydrazone groups is 1. The monoisotopic (exact) mass is 467 g/mol. The largest absolute Gasteiger partial charge is 0.493 e. The third-order valence-corrected chi connectivity index (χ3v) is 4.50. The molecule has 136 valence electrons. The van der Waals surface area contributed by atoms with Crippen LogP contribution in [0.2, 0.25) is 0 Å². The second-order valence-electron chi connectivity index (χ2n) is 5.45. The third kappa shape index (κ3) is 3.59. The van der Waals surface area contributed by atoms with Gasteiger partial charge in [-0.25, -0.2) is 0 Å². The average molecular weight is 467 g/mol. The molecular formula is C18H18IN3O4. The van der Waals surface area contributed by atoms with E-state index in [9.17, 15) is 4.79 Å². The molecule has 0 radical (unpaired) electrons. The van der Waals surface area contributed by atoms with E-state index >= 15 is 0 Å². The lowest BCUT2D eigenvalue weighted by molar-refractivity contribution is -0.135. The van der Waals surface area contributed by atoms with Crippen LogP contribution < -0.4 is 9.47 Å². The topological polar surface area (TPSA) is 73.3 Å². The maximum Gasteiger partial charge on any atom is 0.243 e. The molecular weight excluding hydrogens is 449 g/mol. The van der Waals surface area contributed by atoms with E-state index in [0.717, 1.165) is 9.13 Å². The number of amides is 1. The van der Waals surface area contributed by atoms with Crippen LogP contribution >= 0.6 is 22.6 Å². The minimum absolute atomic E-state index is 0.225. The molecule has 1 amide bonds. The Morgan fingerprint density at radius 2 is 2.23 bits per heavy atom. The summed E-state index contributed by atoms with van der Waals surface area (Å²) in [5.41, 5.74) is 1.45. The molecule has 8 heteroatoms. The van der Waals surface area contributed by atoms with Gasteiger partial charge in [0.1, 0.15) is 0 Å². The Balaban J connectivity index is 1.98. The van der Waals surface area contributed by atoms with Crippen LogP contribution in [0.4, 0.5) is 0 Å². The summed E-state index contributed by atoms with van der Waals surface area (Å²) in [6.45, 7) is 3.89. The number of benzene rings is 1. The number of methoxy groups -OCH3 is 1. The molecule has 0 fully saturated rings. The predicted octanol–water partition coefficient (Wildman–Crippen LogP) is 3.33. The lowest BCUT2D eigenvalue weighted by atomic mass is 10.1. The fourth-order valence-electron chi connectivity index (χ4n) is 2.56. The van der Waals surface area contributed by atoms with Crippen molar-refractivity contribution in [2.75, 3.05) is 13.7 Å². The molecule has 2 aromatic rings. The minimum Gasteiger partial charge on any atom is -0.493 e. The second kappa shape index (κ2) is 7.90. The van der Waals surface area contributed by atoms with E-state index < -0.39 is 6.23 Å². The van der Waals surface area contributed by atoms with Gasteiger partial charge in [0.15, 0.2) is 11.5 Å². The smallest absolute Gasteiger partial charge is 0.243 e. The average Bonchev–Trinajstić information content (AvgIpc) is 3.10. The lowest BCUT2D eigenvalue weighted by Gasteiger charge is -2.21. The highest BCUT2D eigenvalue weighted by Gasteiger charge is 2.34. The van der Waals surface area contributed by atoms with E-state index in [4.69, 9.17) is 14.2 Å². The van der Waals surface area contributed by atoms with Crippen LogP contribution in [0.5, 0.6) is 11.5 Å². The first-order valence-electron chi connectivity index (χ1n) is 8.00. The van der Waals surface area contributed by atoms with Crippen molar-refractivity contribution in [3.8, 4) is 11.5 Å². The van der Waals surface area contributed by atoms with E-state index in [0.29, 0.717) is 29.6 Å². The van der Waals surface area contributed by atoms with Gasteiger partial charge in [-0.3, -0.25) is 9.78 Å². The summed E-state index contributed by atoms with van der Waals surface area (Å²) in [5.74, 6) is 1.37. The van der Waals surface area contributed by atoms with Gasteiger partial charge in [-0.2, -0.15) is 5.01 Å². The molecule has 0 bridgehead atoms. The van der Waals surface area contributed by atoms with Gasteiger partial charge in [0, 0.05) is 24.9 Å². The second-order valence-corrected chi connectivity index (χ2v) is 6.61. The van der Waals surface area contributed by atoms with Crippen LogP contribution in [-0.4, -0.2) is 35.5 Å². The Hall–Kier alpha value is -2.36. The van der Waals surface area contributed by atoms with Crippen molar-refractivity contribution in [3.05, 3.63) is 51.4 Å². The van der Waals surface area contributed by atoms with E-state index in [1.54, 1.807) is 31.6 Å². The van der Waals surface area contributed by atoms with Crippen LogP contribution in [0.3, 0.4) is 0 Å². The summed E-state index contributed by atoms with van der Waals surface area (Å²) in [4.78, 5) is 16.1. The number of ether oxygens (including phenoxy) is 3. The summed E-state index contributed by atoms with van der Waals surface area (Å²) in [6, 6.07) is 7.32. The molecule has 3 rings (SSSR count). The summed E-state index contributed by atoms with van der Waals surface area (Å²) in [6.07, 6.45) is 2.63. The highest BCUT2D eigenvalue weighted by molar-refractivity contribution is 14.1. The Labute approximate surface area is 165 Å². The van der Waals surface area contributed by atoms with Gasteiger partial charge in [-0.05, 0) is 53.8 Å². The van der Waals surface area contributed by atoms with Crippen molar-refractivity contribution in [2.45, 2.75) is 20.1 Å². The van der Waals surface area contributed by atoms with Gasteiger partial charge in [-0.15, -0.1) is 5.10 Å². The number of carbonyl (C=O) groups excluding carboxylic acids is 1. The Morgan fingerprint density at radius 3 is 2.85 bits per heavy atom. The summed E-state index contributed by atoms with van der Waals surface area (Å²) >= 11 is 2.17. The SMILES string of the molecule is CCOc1c(I)cc(C2OC(c3cccnc3)=NN2C(C)=O)cc1OC. The molecule has 1 aromatic carbocycles. The van der Waals surface area contributed by atoms with Crippen LogP contribution in [0.15, 0.2) is 41.8 Å². The van der Waals surface area contributed by atoms with Crippen molar-refractivity contribution in [1.82, 2.24) is 9.99 Å². The first-order chi connectivity index (χ1) is 12.5. The van der Waals surface area contributed by atoms with Gasteiger partial charge in [0.25, 0.3) is 0 Å². The maximum absolute atomic E-state index is 12.1. The molecule has 0 saturated heterocycles. The molecule has 0 aliphatic carbocycles. The Kier molecular flexibility index (Phi) is 5.60. The third-order valence-electron chi connectivity index (χ3n) is 3.70. The Morgan fingerprint density at radius 1 is 1.42 bits per heavy atom. The number of carbonyl (C=O) groups is 1. The van der Waals surface area contributed by atoms with Crippen molar-refractivity contribution in [1.29, 1.82) is 0 Å². The molecule has 0 saturated carbocycles. The normalized spacial score (nSPS) is 16.1. The fraction of sp³-hybridized carbons (Fsp3) is 0.278. The van der Waals surface area contributed by atoms with E-state index in [2.05, 4.69) is 32.7 Å². The van der Waals surface area contributed by atoms with Gasteiger partial charge >= 0.3 is 0 Å². The van der Waals surface area contributed by atoms with E-state index in [-0.39, 0.29) is 5.91 Å². The summed E-state index contributed by atoms with van der Waals surface area (Å²) in [5, 5.41) is 5.64. The van der Waals surface area contributed by atoms with Gasteiger partial charge in [-0.1, -0.05) is 0 Å². The van der Waals surface area contributed by atoms with E-state index in [1.165, 1.54) is 11.9 Å². The number of nitrogens with zero attached hydrogens (tertiary/aromatic N) is 3. The molecule has 7 nitrogen and oxygen atoms in total. The van der Waals surface area contributed by atoms with Crippen molar-refractivity contribution < 1.29 is 19.0 Å². The van der Waals surface area contributed by atoms with Crippen LogP contribution in [0.1, 0.15) is 31.2 Å². The molecule has 1 unspecified atom stereocenters. The number of aromatic nitrogens is 1. The molecule has 1 aliphatic rings. The fourth-order valence-corrected chi connectivity index (χ4v) is 3.34. The van der Waals surface area contributed by atoms with Crippen LogP contribution in [0.25, 0.3) is 0 Å². The molecule has 1 atom stereocenters. The highest BCUT2D eigenvalue weighted by Crippen LogP contribution is 2.39. The zero-order valence-electron chi connectivity index (χ0n) is 14.6. The first kappa shape index (κ1) is 18.4. The minimum atomic E-state index is -0.680. The highest BCUT2D eigenvalue weighted by atomic mass is 127. The Bertz CT molecular complexity index is 842. The first-order valence-corrected chi connectivity index (χ1v) is 9.08. The molecule has 0 N–H and O–H groups in total. The molecule has 26 heavy (non-hydrogen) atoms. The number of hydrogen-bond donors (Lipinski definition) is 0. The summed E-state index contributed by atoms with van der Waals surface area (Å²) in [7, 11) is 1.58.